The van der Waals surface area contributed by atoms with Gasteiger partial charge < -0.3 is 10.4 Å². The standard InChI is InChI=1S/C23H26NOP/c1-17-10-6-7-13-20(17)21-14-8-9-15-22(21)26-16-24-18(2)23(25)19-11-4-3-5-12-19/h3-15,18,23-26H,16H2,1-2H3/t18-,23?/m0/s1. The summed E-state index contributed by atoms with van der Waals surface area (Å²) in [5, 5.41) is 15.3. The summed E-state index contributed by atoms with van der Waals surface area (Å²) in [7, 11) is 0.646. The summed E-state index contributed by atoms with van der Waals surface area (Å²) in [6, 6.07) is 27.0. The molecule has 26 heavy (non-hydrogen) atoms. The van der Waals surface area contributed by atoms with Gasteiger partial charge in [-0.05, 0) is 41.4 Å². The highest BCUT2D eigenvalue weighted by molar-refractivity contribution is 7.47. The summed E-state index contributed by atoms with van der Waals surface area (Å²) < 4.78 is 0. The number of benzene rings is 3. The van der Waals surface area contributed by atoms with Crippen molar-refractivity contribution in [1.82, 2.24) is 5.32 Å². The van der Waals surface area contributed by atoms with Crippen LogP contribution in [0.2, 0.25) is 0 Å². The van der Waals surface area contributed by atoms with Crippen LogP contribution < -0.4 is 10.6 Å². The predicted octanol–water partition coefficient (Wildman–Crippen LogP) is 4.64. The normalized spacial score (nSPS) is 13.8. The number of rotatable bonds is 7. The molecule has 0 aliphatic rings. The van der Waals surface area contributed by atoms with Crippen LogP contribution in [0.25, 0.3) is 11.1 Å². The molecular weight excluding hydrogens is 337 g/mol. The quantitative estimate of drug-likeness (QED) is 0.600. The second kappa shape index (κ2) is 9.09. The highest BCUT2D eigenvalue weighted by Gasteiger charge is 2.15. The Morgan fingerprint density at radius 3 is 2.19 bits per heavy atom. The zero-order valence-electron chi connectivity index (χ0n) is 15.3. The molecule has 3 atom stereocenters. The Balaban J connectivity index is 1.65. The van der Waals surface area contributed by atoms with Gasteiger partial charge in [-0.2, -0.15) is 0 Å². The first-order chi connectivity index (χ1) is 12.7. The molecule has 0 aliphatic heterocycles. The van der Waals surface area contributed by atoms with Crippen LogP contribution in [0.1, 0.15) is 24.2 Å². The van der Waals surface area contributed by atoms with E-state index in [1.165, 1.54) is 22.0 Å². The summed E-state index contributed by atoms with van der Waals surface area (Å²) in [5.74, 6) is 0. The van der Waals surface area contributed by atoms with Gasteiger partial charge in [0.15, 0.2) is 0 Å². The van der Waals surface area contributed by atoms with Crippen LogP contribution in [0.15, 0.2) is 78.9 Å². The van der Waals surface area contributed by atoms with E-state index in [9.17, 15) is 5.11 Å². The molecule has 3 aromatic carbocycles. The predicted molar refractivity (Wildman–Crippen MR) is 113 cm³/mol. The lowest BCUT2D eigenvalue weighted by Gasteiger charge is -2.21. The Hall–Kier alpha value is -1.99. The van der Waals surface area contributed by atoms with Crippen molar-refractivity contribution in [2.75, 3.05) is 6.29 Å². The van der Waals surface area contributed by atoms with Crippen molar-refractivity contribution in [3.05, 3.63) is 90.0 Å². The van der Waals surface area contributed by atoms with Crippen molar-refractivity contribution in [2.24, 2.45) is 0 Å². The maximum absolute atomic E-state index is 10.5. The van der Waals surface area contributed by atoms with Crippen molar-refractivity contribution < 1.29 is 5.11 Å². The first kappa shape index (κ1) is 18.8. The van der Waals surface area contributed by atoms with Gasteiger partial charge in [0.05, 0.1) is 6.10 Å². The largest absolute Gasteiger partial charge is 0.387 e. The molecule has 0 aromatic heterocycles. The van der Waals surface area contributed by atoms with E-state index in [0.29, 0.717) is 8.58 Å². The lowest BCUT2D eigenvalue weighted by Crippen LogP contribution is -2.32. The Morgan fingerprint density at radius 1 is 0.846 bits per heavy atom. The highest BCUT2D eigenvalue weighted by Crippen LogP contribution is 2.26. The average Bonchev–Trinajstić information content (AvgIpc) is 2.69. The maximum Gasteiger partial charge on any atom is 0.0940 e. The van der Waals surface area contributed by atoms with Crippen LogP contribution in [-0.2, 0) is 0 Å². The van der Waals surface area contributed by atoms with Gasteiger partial charge in [0.25, 0.3) is 0 Å². The van der Waals surface area contributed by atoms with E-state index in [0.717, 1.165) is 11.8 Å². The molecule has 3 heteroatoms. The third kappa shape index (κ3) is 4.59. The number of aliphatic hydroxyl groups excluding tert-OH is 1. The molecular formula is C23H26NOP. The molecule has 2 N–H and O–H groups in total. The molecule has 0 spiro atoms. The second-order valence-electron chi connectivity index (χ2n) is 6.56. The molecule has 3 aromatic rings. The van der Waals surface area contributed by atoms with Gasteiger partial charge in [-0.3, -0.25) is 0 Å². The van der Waals surface area contributed by atoms with Gasteiger partial charge in [-0.25, -0.2) is 0 Å². The zero-order chi connectivity index (χ0) is 18.4. The van der Waals surface area contributed by atoms with Gasteiger partial charge in [-0.1, -0.05) is 87.4 Å². The molecule has 134 valence electrons. The minimum Gasteiger partial charge on any atom is -0.387 e. The Kier molecular flexibility index (Phi) is 6.57. The molecule has 0 heterocycles. The summed E-state index contributed by atoms with van der Waals surface area (Å²) in [5.41, 5.74) is 4.86. The molecule has 0 aliphatic carbocycles. The van der Waals surface area contributed by atoms with E-state index in [-0.39, 0.29) is 6.04 Å². The highest BCUT2D eigenvalue weighted by atomic mass is 31.1. The Morgan fingerprint density at radius 2 is 1.46 bits per heavy atom. The van der Waals surface area contributed by atoms with E-state index in [4.69, 9.17) is 0 Å². The molecule has 0 radical (unpaired) electrons. The molecule has 0 bridgehead atoms. The number of aryl methyl sites for hydroxylation is 1. The number of nitrogens with one attached hydrogen (secondary N) is 1. The third-order valence-electron chi connectivity index (χ3n) is 4.68. The van der Waals surface area contributed by atoms with Crippen molar-refractivity contribution in [2.45, 2.75) is 26.0 Å². The fourth-order valence-electron chi connectivity index (χ4n) is 3.10. The SMILES string of the molecule is Cc1ccccc1-c1ccccc1PCN[C@@H](C)C(O)c1ccccc1. The summed E-state index contributed by atoms with van der Waals surface area (Å²) in [6.07, 6.45) is 0.362. The zero-order valence-corrected chi connectivity index (χ0v) is 16.3. The van der Waals surface area contributed by atoms with E-state index >= 15 is 0 Å². The molecule has 0 amide bonds. The molecule has 2 nitrogen and oxygen atoms in total. The van der Waals surface area contributed by atoms with Crippen molar-refractivity contribution in [1.29, 1.82) is 0 Å². The van der Waals surface area contributed by atoms with Gasteiger partial charge in [0.2, 0.25) is 0 Å². The summed E-state index contributed by atoms with van der Waals surface area (Å²) >= 11 is 0. The van der Waals surface area contributed by atoms with Gasteiger partial charge in [0.1, 0.15) is 0 Å². The van der Waals surface area contributed by atoms with E-state index in [1.807, 2.05) is 37.3 Å². The molecule has 3 rings (SSSR count). The smallest absolute Gasteiger partial charge is 0.0940 e. The lowest BCUT2D eigenvalue weighted by atomic mass is 10.0. The van der Waals surface area contributed by atoms with E-state index in [2.05, 4.69) is 60.8 Å². The summed E-state index contributed by atoms with van der Waals surface area (Å²) in [4.78, 5) is 0. The van der Waals surface area contributed by atoms with Crippen LogP contribution in [-0.4, -0.2) is 17.4 Å². The number of hydrogen-bond acceptors (Lipinski definition) is 2. The first-order valence-electron chi connectivity index (χ1n) is 9.02. The third-order valence-corrected chi connectivity index (χ3v) is 5.88. The lowest BCUT2D eigenvalue weighted by molar-refractivity contribution is 0.139. The summed E-state index contributed by atoms with van der Waals surface area (Å²) in [6.45, 7) is 4.20. The minimum atomic E-state index is -0.493. The fraction of sp³-hybridized carbons (Fsp3) is 0.217. The average molecular weight is 363 g/mol. The molecule has 0 saturated heterocycles. The molecule has 2 unspecified atom stereocenters. The van der Waals surface area contributed by atoms with Crippen molar-refractivity contribution >= 4 is 13.9 Å². The van der Waals surface area contributed by atoms with Crippen molar-refractivity contribution in [3.63, 3.8) is 0 Å². The van der Waals surface area contributed by atoms with Crippen molar-refractivity contribution in [3.8, 4) is 11.1 Å². The van der Waals surface area contributed by atoms with Crippen LogP contribution in [0.3, 0.4) is 0 Å². The van der Waals surface area contributed by atoms with Crippen LogP contribution in [0.4, 0.5) is 0 Å². The molecule has 0 fully saturated rings. The fourth-order valence-corrected chi connectivity index (χ4v) is 4.34. The van der Waals surface area contributed by atoms with Gasteiger partial charge in [-0.15, -0.1) is 0 Å². The Labute approximate surface area is 158 Å². The van der Waals surface area contributed by atoms with E-state index in [1.54, 1.807) is 0 Å². The van der Waals surface area contributed by atoms with Crippen LogP contribution in [0, 0.1) is 6.92 Å². The second-order valence-corrected chi connectivity index (χ2v) is 7.81. The topological polar surface area (TPSA) is 32.3 Å². The van der Waals surface area contributed by atoms with Gasteiger partial charge in [0, 0.05) is 12.3 Å². The van der Waals surface area contributed by atoms with Gasteiger partial charge >= 0.3 is 0 Å². The first-order valence-corrected chi connectivity index (χ1v) is 10.2. The Bertz CT molecular complexity index is 834. The van der Waals surface area contributed by atoms with Crippen LogP contribution in [0.5, 0.6) is 0 Å². The monoisotopic (exact) mass is 363 g/mol. The van der Waals surface area contributed by atoms with E-state index < -0.39 is 6.10 Å². The minimum absolute atomic E-state index is 0.00974. The maximum atomic E-state index is 10.5. The molecule has 0 saturated carbocycles. The van der Waals surface area contributed by atoms with Crippen LogP contribution >= 0.6 is 8.58 Å². The number of hydrogen-bond donors (Lipinski definition) is 2. The number of aliphatic hydroxyl groups is 1.